The summed E-state index contributed by atoms with van der Waals surface area (Å²) in [5, 5.41) is 0.337. The molecule has 1 fully saturated rings. The van der Waals surface area contributed by atoms with Crippen LogP contribution in [0.1, 0.15) is 22.8 Å². The third-order valence-electron chi connectivity index (χ3n) is 5.15. The highest BCUT2D eigenvalue weighted by Crippen LogP contribution is 2.30. The number of nitrogens with zero attached hydrogens (tertiary/aromatic N) is 2. The number of carbonyl (C=O) groups is 1. The quantitative estimate of drug-likeness (QED) is 0.261. The molecule has 0 aliphatic carbocycles. The molecule has 3 aromatic rings. The molecule has 7 heteroatoms. The number of esters is 1. The Morgan fingerprint density at radius 3 is 2.55 bits per heavy atom. The molecule has 1 heterocycles. The average molecular weight is 465 g/mol. The lowest BCUT2D eigenvalue weighted by atomic mass is 10.2. The molecule has 0 N–H and O–H groups in total. The second-order valence-electron chi connectivity index (χ2n) is 7.38. The number of anilines is 1. The Kier molecular flexibility index (Phi) is 7.60. The van der Waals surface area contributed by atoms with E-state index in [1.165, 1.54) is 5.69 Å². The van der Waals surface area contributed by atoms with E-state index in [0.29, 0.717) is 28.7 Å². The monoisotopic (exact) mass is 464 g/mol. The van der Waals surface area contributed by atoms with Crippen LogP contribution in [-0.4, -0.2) is 45.1 Å². The van der Waals surface area contributed by atoms with E-state index in [4.69, 9.17) is 25.8 Å². The lowest BCUT2D eigenvalue weighted by molar-refractivity contribution is 0.0728. The summed E-state index contributed by atoms with van der Waals surface area (Å²) in [6.45, 7) is 5.61. The number of aliphatic imine (C=N–C) groups is 1. The Morgan fingerprint density at radius 1 is 1.06 bits per heavy atom. The summed E-state index contributed by atoms with van der Waals surface area (Å²) in [5.74, 6) is 0.252. The van der Waals surface area contributed by atoms with E-state index in [2.05, 4.69) is 22.0 Å². The first-order valence-electron chi connectivity index (χ1n) is 10.8. The van der Waals surface area contributed by atoms with Crippen molar-refractivity contribution in [2.45, 2.75) is 6.92 Å². The van der Waals surface area contributed by atoms with Gasteiger partial charge in [-0.2, -0.15) is 0 Å². The lowest BCUT2D eigenvalue weighted by Crippen LogP contribution is -2.36. The van der Waals surface area contributed by atoms with Crippen molar-refractivity contribution in [3.63, 3.8) is 0 Å². The molecule has 1 aliphatic rings. The van der Waals surface area contributed by atoms with Gasteiger partial charge < -0.3 is 19.1 Å². The second-order valence-corrected chi connectivity index (χ2v) is 7.79. The van der Waals surface area contributed by atoms with Gasteiger partial charge in [0, 0.05) is 25.0 Å². The Bertz CT molecular complexity index is 1130. The molecule has 0 unspecified atom stereocenters. The molecule has 0 aromatic heterocycles. The van der Waals surface area contributed by atoms with Gasteiger partial charge in [0.05, 0.1) is 36.1 Å². The van der Waals surface area contributed by atoms with Gasteiger partial charge in [0.25, 0.3) is 0 Å². The molecule has 0 amide bonds. The molecule has 0 radical (unpaired) electrons. The topological polar surface area (TPSA) is 60.4 Å². The lowest BCUT2D eigenvalue weighted by Gasteiger charge is -2.28. The number of rotatable bonds is 7. The number of hydrogen-bond donors (Lipinski definition) is 0. The van der Waals surface area contributed by atoms with E-state index in [1.54, 1.807) is 42.6 Å². The van der Waals surface area contributed by atoms with Crippen molar-refractivity contribution in [1.29, 1.82) is 0 Å². The molecule has 1 saturated heterocycles. The second kappa shape index (κ2) is 11.0. The molecule has 33 heavy (non-hydrogen) atoms. The van der Waals surface area contributed by atoms with Crippen molar-refractivity contribution >= 4 is 35.2 Å². The Morgan fingerprint density at radius 2 is 1.82 bits per heavy atom. The van der Waals surface area contributed by atoms with Crippen LogP contribution in [0.5, 0.6) is 11.5 Å². The van der Waals surface area contributed by atoms with Gasteiger partial charge in [-0.3, -0.25) is 4.99 Å². The zero-order valence-electron chi connectivity index (χ0n) is 18.4. The predicted octanol–water partition coefficient (Wildman–Crippen LogP) is 5.55. The normalized spacial score (nSPS) is 13.8. The highest BCUT2D eigenvalue weighted by Gasteiger charge is 2.15. The summed E-state index contributed by atoms with van der Waals surface area (Å²) in [7, 11) is 0. The van der Waals surface area contributed by atoms with Gasteiger partial charge in [-0.05, 0) is 67.1 Å². The molecule has 4 rings (SSSR count). The van der Waals surface area contributed by atoms with Gasteiger partial charge in [0.15, 0.2) is 11.5 Å². The van der Waals surface area contributed by atoms with E-state index in [0.717, 1.165) is 37.6 Å². The van der Waals surface area contributed by atoms with Crippen LogP contribution in [0.4, 0.5) is 11.4 Å². The Hall–Kier alpha value is -3.35. The van der Waals surface area contributed by atoms with E-state index in [9.17, 15) is 4.79 Å². The number of hydrogen-bond acceptors (Lipinski definition) is 6. The maximum absolute atomic E-state index is 12.5. The van der Waals surface area contributed by atoms with Crippen molar-refractivity contribution in [1.82, 2.24) is 0 Å². The van der Waals surface area contributed by atoms with Crippen molar-refractivity contribution in [3.8, 4) is 11.5 Å². The Balaban J connectivity index is 1.47. The van der Waals surface area contributed by atoms with Crippen LogP contribution in [-0.2, 0) is 4.74 Å². The van der Waals surface area contributed by atoms with Crippen molar-refractivity contribution in [3.05, 3.63) is 82.9 Å². The van der Waals surface area contributed by atoms with E-state index < -0.39 is 5.97 Å². The molecular formula is C26H25ClN2O4. The molecule has 0 saturated carbocycles. The minimum Gasteiger partial charge on any atom is -0.490 e. The summed E-state index contributed by atoms with van der Waals surface area (Å²) < 4.78 is 16.6. The number of morpholine rings is 1. The SMILES string of the molecule is CCOc1cc(C=Nc2ccc(N3CCOCC3)cc2)ccc1OC(=O)c1ccccc1Cl. The maximum atomic E-state index is 12.5. The molecular weight excluding hydrogens is 440 g/mol. The van der Waals surface area contributed by atoms with Crippen LogP contribution in [0.2, 0.25) is 5.02 Å². The molecule has 6 nitrogen and oxygen atoms in total. The van der Waals surface area contributed by atoms with Gasteiger partial charge in [-0.1, -0.05) is 23.7 Å². The third kappa shape index (κ3) is 5.92. The van der Waals surface area contributed by atoms with Crippen LogP contribution in [0.3, 0.4) is 0 Å². The van der Waals surface area contributed by atoms with Crippen molar-refractivity contribution in [2.24, 2.45) is 4.99 Å². The smallest absolute Gasteiger partial charge is 0.345 e. The highest BCUT2D eigenvalue weighted by molar-refractivity contribution is 6.33. The van der Waals surface area contributed by atoms with Crippen LogP contribution < -0.4 is 14.4 Å². The van der Waals surface area contributed by atoms with Crippen LogP contribution >= 0.6 is 11.6 Å². The van der Waals surface area contributed by atoms with Crippen LogP contribution in [0.15, 0.2) is 71.7 Å². The maximum Gasteiger partial charge on any atom is 0.345 e. The fraction of sp³-hybridized carbons (Fsp3) is 0.231. The zero-order chi connectivity index (χ0) is 23.0. The van der Waals surface area contributed by atoms with Gasteiger partial charge >= 0.3 is 5.97 Å². The fourth-order valence-corrected chi connectivity index (χ4v) is 3.67. The minimum absolute atomic E-state index is 0.299. The summed E-state index contributed by atoms with van der Waals surface area (Å²) in [6, 6.07) is 20.2. The minimum atomic E-state index is -0.539. The number of carbonyl (C=O) groups excluding carboxylic acids is 1. The van der Waals surface area contributed by atoms with Crippen molar-refractivity contribution in [2.75, 3.05) is 37.8 Å². The fourth-order valence-electron chi connectivity index (χ4n) is 3.46. The first-order chi connectivity index (χ1) is 16.1. The van der Waals surface area contributed by atoms with Gasteiger partial charge in [-0.25, -0.2) is 4.79 Å². The zero-order valence-corrected chi connectivity index (χ0v) is 19.1. The van der Waals surface area contributed by atoms with Gasteiger partial charge in [0.1, 0.15) is 0 Å². The molecule has 0 atom stereocenters. The molecule has 0 spiro atoms. The molecule has 170 valence electrons. The van der Waals surface area contributed by atoms with E-state index in [1.807, 2.05) is 25.1 Å². The van der Waals surface area contributed by atoms with Crippen molar-refractivity contribution < 1.29 is 19.0 Å². The van der Waals surface area contributed by atoms with Gasteiger partial charge in [-0.15, -0.1) is 0 Å². The predicted molar refractivity (Wildman–Crippen MR) is 131 cm³/mol. The average Bonchev–Trinajstić information content (AvgIpc) is 2.85. The van der Waals surface area contributed by atoms with Gasteiger partial charge in [0.2, 0.25) is 0 Å². The largest absolute Gasteiger partial charge is 0.490 e. The number of benzene rings is 3. The molecule has 3 aromatic carbocycles. The summed E-state index contributed by atoms with van der Waals surface area (Å²) in [6.07, 6.45) is 1.76. The summed E-state index contributed by atoms with van der Waals surface area (Å²) in [4.78, 5) is 19.4. The highest BCUT2D eigenvalue weighted by atomic mass is 35.5. The van der Waals surface area contributed by atoms with Crippen LogP contribution in [0.25, 0.3) is 0 Å². The van der Waals surface area contributed by atoms with E-state index >= 15 is 0 Å². The standard InChI is InChI=1S/C26H25ClN2O4/c1-2-32-25-17-19(7-12-24(25)33-26(30)22-5-3-4-6-23(22)27)18-28-20-8-10-21(11-9-20)29-13-15-31-16-14-29/h3-12,17-18H,2,13-16H2,1H3. The van der Waals surface area contributed by atoms with E-state index in [-0.39, 0.29) is 0 Å². The first kappa shape index (κ1) is 22.8. The summed E-state index contributed by atoms with van der Waals surface area (Å²) >= 11 is 6.11. The molecule has 0 bridgehead atoms. The number of ether oxygens (including phenoxy) is 3. The van der Waals surface area contributed by atoms with Crippen LogP contribution in [0, 0.1) is 0 Å². The number of halogens is 1. The molecule has 1 aliphatic heterocycles. The third-order valence-corrected chi connectivity index (χ3v) is 5.48. The first-order valence-corrected chi connectivity index (χ1v) is 11.2. The summed E-state index contributed by atoms with van der Waals surface area (Å²) in [5.41, 5.74) is 3.14. The Labute approximate surface area is 198 Å².